The monoisotopic (exact) mass is 262 g/mol. The molecule has 0 saturated heterocycles. The highest BCUT2D eigenvalue weighted by Crippen LogP contribution is 2.16. The number of nitrogens with one attached hydrogen (secondary N) is 1. The molecule has 5 heteroatoms. The number of hydrogen-bond donors (Lipinski definition) is 1. The van der Waals surface area contributed by atoms with E-state index in [1.54, 1.807) is 12.1 Å². The van der Waals surface area contributed by atoms with Crippen LogP contribution in [0, 0.1) is 18.7 Å². The molecule has 0 aliphatic carbocycles. The number of anilines is 1. The van der Waals surface area contributed by atoms with E-state index >= 15 is 0 Å². The molecule has 0 unspecified atom stereocenters. The van der Waals surface area contributed by atoms with Gasteiger partial charge in [0.05, 0.1) is 12.2 Å². The van der Waals surface area contributed by atoms with Gasteiger partial charge in [0, 0.05) is 6.54 Å². The van der Waals surface area contributed by atoms with Crippen LogP contribution < -0.4 is 5.32 Å². The summed E-state index contributed by atoms with van der Waals surface area (Å²) in [6.45, 7) is 7.46. The fourth-order valence-electron chi connectivity index (χ4n) is 1.87. The summed E-state index contributed by atoms with van der Waals surface area (Å²) in [5, 5.41) is 7.25. The lowest BCUT2D eigenvalue weighted by atomic mass is 10.2. The molecule has 19 heavy (non-hydrogen) atoms. The van der Waals surface area contributed by atoms with E-state index in [-0.39, 0.29) is 5.82 Å². The molecule has 2 aromatic rings. The van der Waals surface area contributed by atoms with Gasteiger partial charge in [-0.2, -0.15) is 5.10 Å². The van der Waals surface area contributed by atoms with Crippen LogP contribution in [0.4, 0.5) is 10.1 Å². The van der Waals surface area contributed by atoms with Gasteiger partial charge >= 0.3 is 0 Å². The molecular formula is C14H19FN4. The first-order chi connectivity index (χ1) is 9.06. The van der Waals surface area contributed by atoms with Crippen LogP contribution in [-0.4, -0.2) is 14.8 Å². The number of benzene rings is 1. The molecule has 1 N–H and O–H groups in total. The molecule has 0 fully saturated rings. The highest BCUT2D eigenvalue weighted by molar-refractivity contribution is 5.46. The number of halogens is 1. The maximum Gasteiger partial charge on any atom is 0.146 e. The number of aromatic nitrogens is 3. The average molecular weight is 262 g/mol. The van der Waals surface area contributed by atoms with Crippen LogP contribution in [0.3, 0.4) is 0 Å². The molecule has 1 heterocycles. The minimum Gasteiger partial charge on any atom is -0.375 e. The largest absolute Gasteiger partial charge is 0.375 e. The minimum absolute atomic E-state index is 0.250. The zero-order chi connectivity index (χ0) is 13.8. The van der Waals surface area contributed by atoms with E-state index in [2.05, 4.69) is 29.2 Å². The zero-order valence-corrected chi connectivity index (χ0v) is 11.5. The molecule has 0 atom stereocenters. The SMILES string of the molecule is Cc1ccc(F)c(NCc2ncnn2CC(C)C)c1. The lowest BCUT2D eigenvalue weighted by Gasteiger charge is -2.11. The fourth-order valence-corrected chi connectivity index (χ4v) is 1.87. The van der Waals surface area contributed by atoms with Gasteiger partial charge in [-0.25, -0.2) is 14.1 Å². The first-order valence-corrected chi connectivity index (χ1v) is 6.43. The Morgan fingerprint density at radius 2 is 2.16 bits per heavy atom. The van der Waals surface area contributed by atoms with Gasteiger partial charge in [-0.05, 0) is 30.5 Å². The summed E-state index contributed by atoms with van der Waals surface area (Å²) in [5.74, 6) is 1.06. The van der Waals surface area contributed by atoms with Gasteiger partial charge in [0.25, 0.3) is 0 Å². The van der Waals surface area contributed by atoms with Crippen LogP contribution in [-0.2, 0) is 13.1 Å². The molecule has 1 aromatic heterocycles. The average Bonchev–Trinajstić information content (AvgIpc) is 2.77. The van der Waals surface area contributed by atoms with Crippen molar-refractivity contribution in [1.29, 1.82) is 0 Å². The molecular weight excluding hydrogens is 243 g/mol. The van der Waals surface area contributed by atoms with Crippen LogP contribution in [0.5, 0.6) is 0 Å². The molecule has 1 aromatic carbocycles. The van der Waals surface area contributed by atoms with Gasteiger partial charge < -0.3 is 5.32 Å². The zero-order valence-electron chi connectivity index (χ0n) is 11.5. The first-order valence-electron chi connectivity index (χ1n) is 6.43. The Labute approximate surface area is 112 Å². The summed E-state index contributed by atoms with van der Waals surface area (Å²) in [5.41, 5.74) is 1.52. The summed E-state index contributed by atoms with van der Waals surface area (Å²) >= 11 is 0. The summed E-state index contributed by atoms with van der Waals surface area (Å²) in [6.07, 6.45) is 1.53. The molecule has 102 valence electrons. The van der Waals surface area contributed by atoms with Crippen molar-refractivity contribution in [3.63, 3.8) is 0 Å². The maximum absolute atomic E-state index is 13.6. The standard InChI is InChI=1S/C14H19FN4/c1-10(2)8-19-14(17-9-18-19)7-16-13-6-11(3)4-5-12(13)15/h4-6,9-10,16H,7-8H2,1-3H3. The summed E-state index contributed by atoms with van der Waals surface area (Å²) in [4.78, 5) is 4.20. The van der Waals surface area contributed by atoms with Gasteiger partial charge in [0.2, 0.25) is 0 Å². The molecule has 0 radical (unpaired) electrons. The third-order valence-corrected chi connectivity index (χ3v) is 2.79. The summed E-state index contributed by atoms with van der Waals surface area (Å²) in [7, 11) is 0. The minimum atomic E-state index is -0.250. The Hall–Kier alpha value is -1.91. The lowest BCUT2D eigenvalue weighted by Crippen LogP contribution is -2.13. The van der Waals surface area contributed by atoms with E-state index < -0.39 is 0 Å². The Balaban J connectivity index is 2.06. The number of hydrogen-bond acceptors (Lipinski definition) is 3. The van der Waals surface area contributed by atoms with Gasteiger partial charge in [0.1, 0.15) is 18.0 Å². The molecule has 0 saturated carbocycles. The van der Waals surface area contributed by atoms with E-state index in [0.29, 0.717) is 18.2 Å². The van der Waals surface area contributed by atoms with E-state index in [9.17, 15) is 4.39 Å². The molecule has 4 nitrogen and oxygen atoms in total. The van der Waals surface area contributed by atoms with Crippen molar-refractivity contribution in [1.82, 2.24) is 14.8 Å². The van der Waals surface area contributed by atoms with Gasteiger partial charge in [-0.15, -0.1) is 0 Å². The van der Waals surface area contributed by atoms with Crippen LogP contribution in [0.25, 0.3) is 0 Å². The number of rotatable bonds is 5. The molecule has 0 bridgehead atoms. The molecule has 0 aliphatic rings. The normalized spacial score (nSPS) is 11.0. The first kappa shape index (κ1) is 13.5. The van der Waals surface area contributed by atoms with E-state index in [1.807, 2.05) is 11.6 Å². The van der Waals surface area contributed by atoms with Gasteiger partial charge in [-0.1, -0.05) is 19.9 Å². The molecule has 2 rings (SSSR count). The Morgan fingerprint density at radius 3 is 2.89 bits per heavy atom. The second-order valence-corrected chi connectivity index (χ2v) is 5.09. The molecule has 0 aliphatic heterocycles. The summed E-state index contributed by atoms with van der Waals surface area (Å²) < 4.78 is 15.5. The van der Waals surface area contributed by atoms with Crippen molar-refractivity contribution < 1.29 is 4.39 Å². The quantitative estimate of drug-likeness (QED) is 0.900. The fraction of sp³-hybridized carbons (Fsp3) is 0.429. The van der Waals surface area contributed by atoms with Crippen molar-refractivity contribution in [3.05, 3.63) is 41.7 Å². The predicted octanol–water partition coefficient (Wildman–Crippen LogP) is 2.99. The second kappa shape index (κ2) is 5.82. The van der Waals surface area contributed by atoms with Crippen LogP contribution in [0.2, 0.25) is 0 Å². The number of aryl methyl sites for hydroxylation is 1. The van der Waals surface area contributed by atoms with Gasteiger partial charge in [-0.3, -0.25) is 0 Å². The van der Waals surface area contributed by atoms with Gasteiger partial charge in [0.15, 0.2) is 0 Å². The smallest absolute Gasteiger partial charge is 0.146 e. The Kier molecular flexibility index (Phi) is 4.14. The molecule has 0 amide bonds. The lowest BCUT2D eigenvalue weighted by molar-refractivity contribution is 0.468. The Morgan fingerprint density at radius 1 is 1.37 bits per heavy atom. The van der Waals surface area contributed by atoms with Crippen molar-refractivity contribution in [3.8, 4) is 0 Å². The Bertz CT molecular complexity index is 548. The van der Waals surface area contributed by atoms with Crippen molar-refractivity contribution in [2.24, 2.45) is 5.92 Å². The topological polar surface area (TPSA) is 42.7 Å². The van der Waals surface area contributed by atoms with Crippen molar-refractivity contribution in [2.45, 2.75) is 33.9 Å². The van der Waals surface area contributed by atoms with Crippen LogP contribution >= 0.6 is 0 Å². The predicted molar refractivity (Wildman–Crippen MR) is 73.3 cm³/mol. The van der Waals surface area contributed by atoms with Crippen LogP contribution in [0.15, 0.2) is 24.5 Å². The highest BCUT2D eigenvalue weighted by Gasteiger charge is 2.07. The van der Waals surface area contributed by atoms with E-state index in [1.165, 1.54) is 12.4 Å². The maximum atomic E-state index is 13.6. The van der Waals surface area contributed by atoms with Crippen LogP contribution in [0.1, 0.15) is 25.2 Å². The number of nitrogens with zero attached hydrogens (tertiary/aromatic N) is 3. The van der Waals surface area contributed by atoms with Crippen molar-refractivity contribution >= 4 is 5.69 Å². The van der Waals surface area contributed by atoms with E-state index in [0.717, 1.165) is 17.9 Å². The third kappa shape index (κ3) is 3.53. The van der Waals surface area contributed by atoms with E-state index in [4.69, 9.17) is 0 Å². The highest BCUT2D eigenvalue weighted by atomic mass is 19.1. The molecule has 0 spiro atoms. The third-order valence-electron chi connectivity index (χ3n) is 2.79. The van der Waals surface area contributed by atoms with Crippen molar-refractivity contribution in [2.75, 3.05) is 5.32 Å². The summed E-state index contributed by atoms with van der Waals surface area (Å²) in [6, 6.07) is 5.01. The second-order valence-electron chi connectivity index (χ2n) is 5.09.